The Hall–Kier alpha value is -1.36. The Morgan fingerprint density at radius 1 is 1.29 bits per heavy atom. The summed E-state index contributed by atoms with van der Waals surface area (Å²) in [5.74, 6) is -0.0806. The van der Waals surface area contributed by atoms with Crippen LogP contribution in [0.4, 0.5) is 0 Å². The van der Waals surface area contributed by atoms with E-state index in [2.05, 4.69) is 36.3 Å². The van der Waals surface area contributed by atoms with Crippen LogP contribution in [0, 0.1) is 0 Å². The van der Waals surface area contributed by atoms with Crippen LogP contribution in [-0.2, 0) is 13.1 Å². The zero-order valence-electron chi connectivity index (χ0n) is 12.2. The molecule has 2 aromatic rings. The molecule has 1 aromatic heterocycles. The Balaban J connectivity index is 1.94. The van der Waals surface area contributed by atoms with E-state index in [0.29, 0.717) is 15.8 Å². The minimum absolute atomic E-state index is 0.0806. The molecule has 5 heteroatoms. The van der Waals surface area contributed by atoms with E-state index in [9.17, 15) is 4.79 Å². The zero-order chi connectivity index (χ0) is 15.2. The van der Waals surface area contributed by atoms with Gasteiger partial charge in [-0.25, -0.2) is 0 Å². The second-order valence-electron chi connectivity index (χ2n) is 4.94. The van der Waals surface area contributed by atoms with Crippen molar-refractivity contribution < 1.29 is 4.79 Å². The lowest BCUT2D eigenvalue weighted by Crippen LogP contribution is -2.22. The first-order chi connectivity index (χ1) is 10.1. The minimum atomic E-state index is -0.0806. The van der Waals surface area contributed by atoms with Crippen molar-refractivity contribution >= 4 is 28.8 Å². The summed E-state index contributed by atoms with van der Waals surface area (Å²) in [7, 11) is 2.09. The molecule has 3 nitrogen and oxygen atoms in total. The number of rotatable bonds is 6. The predicted octanol–water partition coefficient (Wildman–Crippen LogP) is 3.78. The number of hydrogen-bond acceptors (Lipinski definition) is 3. The number of nitrogens with one attached hydrogen (secondary N) is 1. The van der Waals surface area contributed by atoms with Gasteiger partial charge in [0.1, 0.15) is 0 Å². The van der Waals surface area contributed by atoms with Gasteiger partial charge in [0.15, 0.2) is 0 Å². The topological polar surface area (TPSA) is 32.3 Å². The zero-order valence-corrected chi connectivity index (χ0v) is 13.8. The molecule has 0 aliphatic heterocycles. The molecule has 0 saturated heterocycles. The molecule has 1 N–H and O–H groups in total. The van der Waals surface area contributed by atoms with E-state index in [0.717, 1.165) is 18.7 Å². The Morgan fingerprint density at radius 2 is 2.05 bits per heavy atom. The lowest BCUT2D eigenvalue weighted by molar-refractivity contribution is 0.0955. The van der Waals surface area contributed by atoms with Crippen molar-refractivity contribution in [3.63, 3.8) is 0 Å². The summed E-state index contributed by atoms with van der Waals surface area (Å²) >= 11 is 7.13. The number of halogens is 1. The van der Waals surface area contributed by atoms with E-state index in [1.807, 2.05) is 12.1 Å². The number of thiophene rings is 1. The van der Waals surface area contributed by atoms with Gasteiger partial charge in [0.2, 0.25) is 0 Å². The third-order valence-electron chi connectivity index (χ3n) is 3.23. The number of carbonyl (C=O) groups is 1. The van der Waals surface area contributed by atoms with Crippen LogP contribution < -0.4 is 5.32 Å². The van der Waals surface area contributed by atoms with Crippen LogP contribution in [0.2, 0.25) is 4.34 Å². The Morgan fingerprint density at radius 3 is 2.71 bits per heavy atom. The lowest BCUT2D eigenvalue weighted by Gasteiger charge is -2.14. The highest BCUT2D eigenvalue weighted by atomic mass is 35.5. The van der Waals surface area contributed by atoms with E-state index in [1.165, 1.54) is 16.9 Å². The van der Waals surface area contributed by atoms with Gasteiger partial charge < -0.3 is 10.2 Å². The maximum atomic E-state index is 12.0. The van der Waals surface area contributed by atoms with Crippen molar-refractivity contribution in [3.8, 4) is 0 Å². The highest BCUT2D eigenvalue weighted by Gasteiger charge is 2.08. The van der Waals surface area contributed by atoms with Crippen LogP contribution in [0.25, 0.3) is 0 Å². The number of amides is 1. The van der Waals surface area contributed by atoms with Gasteiger partial charge in [-0.2, -0.15) is 0 Å². The maximum Gasteiger partial charge on any atom is 0.261 e. The number of hydrogen-bond donors (Lipinski definition) is 1. The second-order valence-corrected chi connectivity index (χ2v) is 6.65. The molecule has 2 rings (SSSR count). The van der Waals surface area contributed by atoms with Gasteiger partial charge in [0, 0.05) is 13.1 Å². The molecule has 0 aliphatic carbocycles. The summed E-state index contributed by atoms with van der Waals surface area (Å²) in [6, 6.07) is 11.8. The molecule has 0 spiro atoms. The van der Waals surface area contributed by atoms with Crippen molar-refractivity contribution in [3.05, 3.63) is 56.7 Å². The molecular formula is C16H19ClN2OS. The standard InChI is InChI=1S/C16H19ClN2OS/c1-3-19(2)11-13-6-4-5-12(9-13)10-18-16(20)14-7-8-15(17)21-14/h4-9H,3,10-11H2,1-2H3,(H,18,20). The largest absolute Gasteiger partial charge is 0.347 e. The third kappa shape index (κ3) is 4.84. The average molecular weight is 323 g/mol. The van der Waals surface area contributed by atoms with Gasteiger partial charge in [-0.05, 0) is 36.9 Å². The first-order valence-electron chi connectivity index (χ1n) is 6.88. The van der Waals surface area contributed by atoms with Crippen LogP contribution in [0.3, 0.4) is 0 Å². The third-order valence-corrected chi connectivity index (χ3v) is 4.46. The highest BCUT2D eigenvalue weighted by molar-refractivity contribution is 7.17. The molecule has 0 atom stereocenters. The van der Waals surface area contributed by atoms with Crippen LogP contribution in [0.5, 0.6) is 0 Å². The molecule has 0 aliphatic rings. The van der Waals surface area contributed by atoms with Crippen molar-refractivity contribution in [2.24, 2.45) is 0 Å². The highest BCUT2D eigenvalue weighted by Crippen LogP contribution is 2.21. The Kier molecular flexibility index (Phi) is 5.79. The average Bonchev–Trinajstić information content (AvgIpc) is 2.91. The number of benzene rings is 1. The van der Waals surface area contributed by atoms with Gasteiger partial charge in [-0.3, -0.25) is 4.79 Å². The minimum Gasteiger partial charge on any atom is -0.347 e. The van der Waals surface area contributed by atoms with Gasteiger partial charge in [0.05, 0.1) is 9.21 Å². The first kappa shape index (κ1) is 16.0. The van der Waals surface area contributed by atoms with E-state index >= 15 is 0 Å². The molecule has 1 aromatic carbocycles. The Labute approximate surface area is 134 Å². The molecule has 0 bridgehead atoms. The summed E-state index contributed by atoms with van der Waals surface area (Å²) in [5.41, 5.74) is 2.36. The molecule has 0 fully saturated rings. The smallest absolute Gasteiger partial charge is 0.261 e. The fraction of sp³-hybridized carbons (Fsp3) is 0.312. The molecule has 0 unspecified atom stereocenters. The first-order valence-corrected chi connectivity index (χ1v) is 8.08. The molecule has 1 amide bonds. The summed E-state index contributed by atoms with van der Waals surface area (Å²) in [6.45, 7) is 4.59. The maximum absolute atomic E-state index is 12.0. The monoisotopic (exact) mass is 322 g/mol. The fourth-order valence-electron chi connectivity index (χ4n) is 1.97. The fourth-order valence-corrected chi connectivity index (χ4v) is 2.93. The van der Waals surface area contributed by atoms with E-state index < -0.39 is 0 Å². The summed E-state index contributed by atoms with van der Waals surface area (Å²) in [4.78, 5) is 14.9. The summed E-state index contributed by atoms with van der Waals surface area (Å²) in [5, 5.41) is 2.92. The van der Waals surface area contributed by atoms with Crippen molar-refractivity contribution in [2.45, 2.75) is 20.0 Å². The van der Waals surface area contributed by atoms with Gasteiger partial charge in [-0.1, -0.05) is 42.8 Å². The summed E-state index contributed by atoms with van der Waals surface area (Å²) < 4.78 is 0.629. The van der Waals surface area contributed by atoms with Crippen molar-refractivity contribution in [2.75, 3.05) is 13.6 Å². The number of carbonyl (C=O) groups excluding carboxylic acids is 1. The van der Waals surface area contributed by atoms with Crippen LogP contribution in [0.1, 0.15) is 27.7 Å². The molecule has 0 radical (unpaired) electrons. The van der Waals surface area contributed by atoms with Crippen LogP contribution >= 0.6 is 22.9 Å². The number of nitrogens with zero attached hydrogens (tertiary/aromatic N) is 1. The quantitative estimate of drug-likeness (QED) is 0.877. The van der Waals surface area contributed by atoms with E-state index in [1.54, 1.807) is 12.1 Å². The normalized spacial score (nSPS) is 10.9. The summed E-state index contributed by atoms with van der Waals surface area (Å²) in [6.07, 6.45) is 0. The van der Waals surface area contributed by atoms with Gasteiger partial charge in [0.25, 0.3) is 5.91 Å². The molecule has 112 valence electrons. The second kappa shape index (κ2) is 7.59. The van der Waals surface area contributed by atoms with E-state index in [-0.39, 0.29) is 5.91 Å². The molecular weight excluding hydrogens is 304 g/mol. The molecule has 0 saturated carbocycles. The molecule has 1 heterocycles. The van der Waals surface area contributed by atoms with Crippen LogP contribution in [0.15, 0.2) is 36.4 Å². The SMILES string of the molecule is CCN(C)Cc1cccc(CNC(=O)c2ccc(Cl)s2)c1. The molecule has 21 heavy (non-hydrogen) atoms. The Bertz CT molecular complexity index is 612. The van der Waals surface area contributed by atoms with Gasteiger partial charge in [-0.15, -0.1) is 11.3 Å². The lowest BCUT2D eigenvalue weighted by atomic mass is 10.1. The van der Waals surface area contributed by atoms with Crippen molar-refractivity contribution in [1.29, 1.82) is 0 Å². The van der Waals surface area contributed by atoms with Crippen molar-refractivity contribution in [1.82, 2.24) is 10.2 Å². The predicted molar refractivity (Wildman–Crippen MR) is 88.9 cm³/mol. The van der Waals surface area contributed by atoms with E-state index in [4.69, 9.17) is 11.6 Å². The van der Waals surface area contributed by atoms with Gasteiger partial charge >= 0.3 is 0 Å². The van der Waals surface area contributed by atoms with Crippen LogP contribution in [-0.4, -0.2) is 24.4 Å².